The zero-order chi connectivity index (χ0) is 24.0. The van der Waals surface area contributed by atoms with Crippen LogP contribution in [0.25, 0.3) is 21.8 Å². The molecule has 5 rings (SSSR count). The van der Waals surface area contributed by atoms with Crippen LogP contribution in [0, 0.1) is 0 Å². The number of carbonyl (C=O) groups excluding carboxylic acids is 1. The number of anilines is 2. The zero-order valence-corrected chi connectivity index (χ0v) is 19.0. The molecular formula is C22H20N6O5S. The number of hydrogen-bond donors (Lipinski definition) is 3. The van der Waals surface area contributed by atoms with E-state index in [0.717, 1.165) is 0 Å². The summed E-state index contributed by atoms with van der Waals surface area (Å²) in [5.74, 6) is -0.987. The molecule has 12 heteroatoms. The SMILES string of the molecule is CN1CCC(O)(c2cc(-c3cccc(-c4nc(C(=O)O)c(Nc5ccn(C)n5)s4)c3)no2)C1=O. The number of carboxylic acids is 1. The van der Waals surface area contributed by atoms with Gasteiger partial charge in [0.15, 0.2) is 17.3 Å². The predicted octanol–water partition coefficient (Wildman–Crippen LogP) is 2.69. The first-order valence-electron chi connectivity index (χ1n) is 10.3. The van der Waals surface area contributed by atoms with Crippen LogP contribution in [0.2, 0.25) is 0 Å². The fourth-order valence-corrected chi connectivity index (χ4v) is 4.73. The van der Waals surface area contributed by atoms with E-state index in [0.29, 0.717) is 39.2 Å². The molecule has 34 heavy (non-hydrogen) atoms. The second-order valence-electron chi connectivity index (χ2n) is 8.00. The van der Waals surface area contributed by atoms with Crippen LogP contribution in [0.4, 0.5) is 10.8 Å². The molecule has 1 saturated heterocycles. The van der Waals surface area contributed by atoms with Gasteiger partial charge in [0.05, 0.1) is 0 Å². The number of benzene rings is 1. The van der Waals surface area contributed by atoms with Crippen molar-refractivity contribution < 1.29 is 24.3 Å². The van der Waals surface area contributed by atoms with Gasteiger partial charge in [-0.05, 0) is 6.07 Å². The molecule has 1 fully saturated rings. The number of aromatic carboxylic acids is 1. The molecule has 3 aromatic heterocycles. The zero-order valence-electron chi connectivity index (χ0n) is 18.2. The molecule has 0 bridgehead atoms. The van der Waals surface area contributed by atoms with Gasteiger partial charge < -0.3 is 25.0 Å². The van der Waals surface area contributed by atoms with Gasteiger partial charge in [0.2, 0.25) is 5.60 Å². The third-order valence-electron chi connectivity index (χ3n) is 5.62. The Morgan fingerprint density at radius 3 is 2.71 bits per heavy atom. The van der Waals surface area contributed by atoms with Gasteiger partial charge in [-0.15, -0.1) is 0 Å². The van der Waals surface area contributed by atoms with E-state index in [1.54, 1.807) is 55.3 Å². The Labute approximate surface area is 197 Å². The minimum absolute atomic E-state index is 0.0894. The molecule has 3 N–H and O–H groups in total. The lowest BCUT2D eigenvalue weighted by Gasteiger charge is -2.16. The van der Waals surface area contributed by atoms with Gasteiger partial charge in [-0.1, -0.05) is 34.7 Å². The number of likely N-dealkylation sites (N-methyl/N-ethyl adjacent to an activating group) is 1. The van der Waals surface area contributed by atoms with Crippen molar-refractivity contribution in [2.24, 2.45) is 7.05 Å². The number of rotatable bonds is 6. The molecule has 1 aromatic carbocycles. The molecule has 0 spiro atoms. The fraction of sp³-hybridized carbons (Fsp3) is 0.227. The summed E-state index contributed by atoms with van der Waals surface area (Å²) in [5, 5.41) is 32.5. The average molecular weight is 481 g/mol. The molecular weight excluding hydrogens is 460 g/mol. The van der Waals surface area contributed by atoms with E-state index in [4.69, 9.17) is 4.52 Å². The first-order chi connectivity index (χ1) is 16.2. The topological polar surface area (TPSA) is 147 Å². The van der Waals surface area contributed by atoms with E-state index in [1.165, 1.54) is 16.2 Å². The van der Waals surface area contributed by atoms with Crippen LogP contribution in [0.5, 0.6) is 0 Å². The number of carboxylic acid groups (broad SMARTS) is 1. The van der Waals surface area contributed by atoms with Gasteiger partial charge in [-0.3, -0.25) is 9.48 Å². The van der Waals surface area contributed by atoms with Gasteiger partial charge in [-0.25, -0.2) is 9.78 Å². The van der Waals surface area contributed by atoms with E-state index in [-0.39, 0.29) is 17.9 Å². The predicted molar refractivity (Wildman–Crippen MR) is 123 cm³/mol. The normalized spacial score (nSPS) is 18.0. The summed E-state index contributed by atoms with van der Waals surface area (Å²) in [5.41, 5.74) is -0.0458. The molecule has 1 amide bonds. The number of nitrogens with one attached hydrogen (secondary N) is 1. The minimum atomic E-state index is -1.73. The van der Waals surface area contributed by atoms with Crippen LogP contribution in [0.1, 0.15) is 22.7 Å². The Morgan fingerprint density at radius 2 is 2.03 bits per heavy atom. The third-order valence-corrected chi connectivity index (χ3v) is 6.64. The summed E-state index contributed by atoms with van der Waals surface area (Å²) >= 11 is 1.19. The molecule has 1 aliphatic rings. The standard InChI is InChI=1S/C22H20N6O5S/c1-27-9-7-22(32,21(27)31)15-11-14(26-33-15)12-4-3-5-13(10-12)18-24-17(20(29)30)19(34-18)23-16-6-8-28(2)25-16/h3-6,8,10-11,32H,7,9H2,1-2H3,(H,23,25)(H,29,30). The molecule has 4 aromatic rings. The van der Waals surface area contributed by atoms with Gasteiger partial charge in [0.1, 0.15) is 15.7 Å². The van der Waals surface area contributed by atoms with Crippen molar-refractivity contribution in [2.75, 3.05) is 18.9 Å². The minimum Gasteiger partial charge on any atom is -0.476 e. The lowest BCUT2D eigenvalue weighted by atomic mass is 9.98. The van der Waals surface area contributed by atoms with Crippen LogP contribution in [-0.4, -0.2) is 60.5 Å². The average Bonchev–Trinajstić information content (AvgIpc) is 3.60. The summed E-state index contributed by atoms with van der Waals surface area (Å²) in [6.45, 7) is 0.422. The van der Waals surface area contributed by atoms with E-state index in [9.17, 15) is 19.8 Å². The largest absolute Gasteiger partial charge is 0.476 e. The number of thiazole rings is 1. The lowest BCUT2D eigenvalue weighted by molar-refractivity contribution is -0.144. The van der Waals surface area contributed by atoms with Crippen LogP contribution in [-0.2, 0) is 17.4 Å². The van der Waals surface area contributed by atoms with Crippen molar-refractivity contribution in [1.29, 1.82) is 0 Å². The number of hydrogen-bond acceptors (Lipinski definition) is 9. The number of likely N-dealkylation sites (tertiary alicyclic amines) is 1. The molecule has 174 valence electrons. The second-order valence-corrected chi connectivity index (χ2v) is 8.99. The number of aryl methyl sites for hydroxylation is 1. The number of nitrogens with zero attached hydrogens (tertiary/aromatic N) is 5. The van der Waals surface area contributed by atoms with Gasteiger partial charge in [0, 0.05) is 56.5 Å². The summed E-state index contributed by atoms with van der Waals surface area (Å²) in [6, 6.07) is 10.5. The van der Waals surface area contributed by atoms with Crippen molar-refractivity contribution >= 4 is 34.0 Å². The molecule has 0 radical (unpaired) electrons. The van der Waals surface area contributed by atoms with Crippen molar-refractivity contribution in [2.45, 2.75) is 12.0 Å². The Hall–Kier alpha value is -4.03. The molecule has 1 unspecified atom stereocenters. The monoisotopic (exact) mass is 480 g/mol. The highest BCUT2D eigenvalue weighted by atomic mass is 32.1. The van der Waals surface area contributed by atoms with Crippen molar-refractivity contribution in [3.05, 3.63) is 54.0 Å². The second kappa shape index (κ2) is 8.08. The Bertz CT molecular complexity index is 1410. The Kier molecular flexibility index (Phi) is 5.18. The van der Waals surface area contributed by atoms with Crippen LogP contribution in [0.3, 0.4) is 0 Å². The maximum atomic E-state index is 12.4. The van der Waals surface area contributed by atoms with E-state index < -0.39 is 17.5 Å². The molecule has 1 atom stereocenters. The molecule has 1 aliphatic heterocycles. The van der Waals surface area contributed by atoms with E-state index in [1.807, 2.05) is 6.07 Å². The highest BCUT2D eigenvalue weighted by Crippen LogP contribution is 2.37. The number of aliphatic hydroxyl groups is 1. The van der Waals surface area contributed by atoms with Crippen LogP contribution >= 0.6 is 11.3 Å². The third kappa shape index (κ3) is 3.72. The quantitative estimate of drug-likeness (QED) is 0.379. The van der Waals surface area contributed by atoms with E-state index in [2.05, 4.69) is 20.6 Å². The Morgan fingerprint density at radius 1 is 1.24 bits per heavy atom. The highest BCUT2D eigenvalue weighted by molar-refractivity contribution is 7.19. The molecule has 11 nitrogen and oxygen atoms in total. The van der Waals surface area contributed by atoms with Crippen molar-refractivity contribution in [1.82, 2.24) is 24.8 Å². The van der Waals surface area contributed by atoms with Crippen LogP contribution < -0.4 is 5.32 Å². The molecule has 0 saturated carbocycles. The first kappa shape index (κ1) is 21.8. The fourth-order valence-electron chi connectivity index (χ4n) is 3.77. The first-order valence-corrected chi connectivity index (χ1v) is 11.1. The highest BCUT2D eigenvalue weighted by Gasteiger charge is 2.48. The summed E-state index contributed by atoms with van der Waals surface area (Å²) < 4.78 is 6.94. The number of carbonyl (C=O) groups is 2. The van der Waals surface area contributed by atoms with Crippen molar-refractivity contribution in [3.8, 4) is 21.8 Å². The summed E-state index contributed by atoms with van der Waals surface area (Å²) in [7, 11) is 3.39. The van der Waals surface area contributed by atoms with Crippen molar-refractivity contribution in [3.63, 3.8) is 0 Å². The number of amides is 1. The summed E-state index contributed by atoms with van der Waals surface area (Å²) in [4.78, 5) is 29.9. The maximum absolute atomic E-state index is 12.4. The smallest absolute Gasteiger partial charge is 0.357 e. The Balaban J connectivity index is 1.46. The lowest BCUT2D eigenvalue weighted by Crippen LogP contribution is -2.35. The van der Waals surface area contributed by atoms with Gasteiger partial charge in [-0.2, -0.15) is 5.10 Å². The van der Waals surface area contributed by atoms with Gasteiger partial charge in [0.25, 0.3) is 5.91 Å². The van der Waals surface area contributed by atoms with E-state index >= 15 is 0 Å². The summed E-state index contributed by atoms with van der Waals surface area (Å²) in [6.07, 6.45) is 1.97. The van der Waals surface area contributed by atoms with Gasteiger partial charge >= 0.3 is 5.97 Å². The maximum Gasteiger partial charge on any atom is 0.357 e. The molecule has 0 aliphatic carbocycles. The number of aromatic nitrogens is 4. The molecule has 4 heterocycles. The van der Waals surface area contributed by atoms with Crippen LogP contribution in [0.15, 0.2) is 47.1 Å².